The van der Waals surface area contributed by atoms with Gasteiger partial charge in [0.05, 0.1) is 12.1 Å². The molecule has 0 aromatic carbocycles. The number of nitrogens with one attached hydrogen (secondary N) is 2. The van der Waals surface area contributed by atoms with Crippen molar-refractivity contribution in [2.75, 3.05) is 38.0 Å². The molecule has 114 valence electrons. The highest BCUT2D eigenvalue weighted by Crippen LogP contribution is 2.17. The second kappa shape index (κ2) is 8.01. The quantitative estimate of drug-likeness (QED) is 0.724. The van der Waals surface area contributed by atoms with E-state index < -0.39 is 0 Å². The van der Waals surface area contributed by atoms with Gasteiger partial charge in [-0.2, -0.15) is 0 Å². The summed E-state index contributed by atoms with van der Waals surface area (Å²) in [6.07, 6.45) is 1.04. The fourth-order valence-corrected chi connectivity index (χ4v) is 1.84. The second-order valence-corrected chi connectivity index (χ2v) is 5.36. The summed E-state index contributed by atoms with van der Waals surface area (Å²) < 4.78 is 10.3. The van der Waals surface area contributed by atoms with Crippen LogP contribution in [-0.2, 0) is 16.1 Å². The van der Waals surface area contributed by atoms with E-state index in [1.165, 1.54) is 0 Å². The molecule has 0 radical (unpaired) electrons. The molecule has 6 heteroatoms. The van der Waals surface area contributed by atoms with Crippen molar-refractivity contribution in [3.05, 3.63) is 11.9 Å². The predicted octanol–water partition coefficient (Wildman–Crippen LogP) is 2.28. The van der Waals surface area contributed by atoms with Gasteiger partial charge in [0, 0.05) is 26.8 Å². The fraction of sp³-hybridized carbons (Fsp3) is 0.714. The molecule has 0 spiro atoms. The summed E-state index contributed by atoms with van der Waals surface area (Å²) >= 11 is 0. The van der Waals surface area contributed by atoms with Gasteiger partial charge in [-0.25, -0.2) is 9.97 Å². The van der Waals surface area contributed by atoms with Gasteiger partial charge in [0.1, 0.15) is 18.2 Å². The third-order valence-corrected chi connectivity index (χ3v) is 2.57. The fourth-order valence-electron chi connectivity index (χ4n) is 1.84. The van der Waals surface area contributed by atoms with E-state index in [2.05, 4.69) is 41.4 Å². The molecule has 0 atom stereocenters. The molecule has 0 unspecified atom stereocenters. The van der Waals surface area contributed by atoms with E-state index in [0.29, 0.717) is 19.0 Å². The van der Waals surface area contributed by atoms with Crippen LogP contribution >= 0.6 is 0 Å². The molecule has 0 saturated carbocycles. The summed E-state index contributed by atoms with van der Waals surface area (Å²) in [4.78, 5) is 8.87. The summed E-state index contributed by atoms with van der Waals surface area (Å²) in [6.45, 7) is 8.10. The van der Waals surface area contributed by atoms with Gasteiger partial charge in [-0.3, -0.25) is 0 Å². The van der Waals surface area contributed by atoms with E-state index in [9.17, 15) is 0 Å². The Kier molecular flexibility index (Phi) is 6.67. The van der Waals surface area contributed by atoms with E-state index in [1.807, 2.05) is 6.07 Å². The van der Waals surface area contributed by atoms with Crippen molar-refractivity contribution < 1.29 is 9.47 Å². The van der Waals surface area contributed by atoms with Gasteiger partial charge in [0.25, 0.3) is 0 Å². The van der Waals surface area contributed by atoms with Crippen LogP contribution in [0.25, 0.3) is 0 Å². The number of aromatic nitrogens is 2. The lowest BCUT2D eigenvalue weighted by Crippen LogP contribution is -2.36. The van der Waals surface area contributed by atoms with Crippen LogP contribution in [0.2, 0.25) is 0 Å². The first-order valence-corrected chi connectivity index (χ1v) is 6.88. The second-order valence-electron chi connectivity index (χ2n) is 5.36. The highest BCUT2D eigenvalue weighted by atomic mass is 16.5. The molecule has 1 rings (SSSR count). The maximum Gasteiger partial charge on any atom is 0.158 e. The summed E-state index contributed by atoms with van der Waals surface area (Å²) in [5.74, 6) is 2.24. The highest BCUT2D eigenvalue weighted by Gasteiger charge is 2.18. The smallest absolute Gasteiger partial charge is 0.158 e. The van der Waals surface area contributed by atoms with Crippen molar-refractivity contribution in [1.82, 2.24) is 9.97 Å². The molecule has 0 aliphatic rings. The van der Waals surface area contributed by atoms with Crippen LogP contribution in [0, 0.1) is 0 Å². The molecule has 0 fully saturated rings. The summed E-state index contributed by atoms with van der Waals surface area (Å²) in [5.41, 5.74) is -0.199. The molecule has 1 aromatic heterocycles. The standard InChI is InChI=1S/C14H26N4O2/c1-6-7-15-11-8-12(17-13(16-11)9-19-4)18-14(2,3)10-20-5/h8H,6-7,9-10H2,1-5H3,(H2,15,16,17,18). The Morgan fingerprint density at radius 1 is 1.15 bits per heavy atom. The van der Waals surface area contributed by atoms with Crippen molar-refractivity contribution in [2.24, 2.45) is 0 Å². The zero-order valence-corrected chi connectivity index (χ0v) is 13.1. The van der Waals surface area contributed by atoms with Crippen LogP contribution in [0.5, 0.6) is 0 Å². The maximum atomic E-state index is 5.21. The van der Waals surface area contributed by atoms with Crippen LogP contribution in [0.1, 0.15) is 33.0 Å². The first-order chi connectivity index (χ1) is 9.50. The van der Waals surface area contributed by atoms with Crippen molar-refractivity contribution in [3.8, 4) is 0 Å². The average Bonchev–Trinajstić information content (AvgIpc) is 2.35. The topological polar surface area (TPSA) is 68.3 Å². The summed E-state index contributed by atoms with van der Waals surface area (Å²) in [7, 11) is 3.32. The monoisotopic (exact) mass is 282 g/mol. The third kappa shape index (κ3) is 5.71. The van der Waals surface area contributed by atoms with Crippen LogP contribution in [0.15, 0.2) is 6.07 Å². The number of anilines is 2. The highest BCUT2D eigenvalue weighted by molar-refractivity contribution is 5.48. The number of ether oxygens (including phenoxy) is 2. The molecule has 6 nitrogen and oxygen atoms in total. The number of hydrogen-bond acceptors (Lipinski definition) is 6. The Morgan fingerprint density at radius 2 is 1.85 bits per heavy atom. The molecule has 0 bridgehead atoms. The Bertz CT molecular complexity index is 410. The molecule has 1 aromatic rings. The van der Waals surface area contributed by atoms with Gasteiger partial charge in [-0.15, -0.1) is 0 Å². The zero-order chi connectivity index (χ0) is 15.0. The minimum Gasteiger partial charge on any atom is -0.382 e. The lowest BCUT2D eigenvalue weighted by Gasteiger charge is -2.26. The molecule has 0 aliphatic carbocycles. The molecule has 2 N–H and O–H groups in total. The number of methoxy groups -OCH3 is 2. The van der Waals surface area contributed by atoms with Crippen molar-refractivity contribution in [3.63, 3.8) is 0 Å². The van der Waals surface area contributed by atoms with Crippen molar-refractivity contribution >= 4 is 11.6 Å². The van der Waals surface area contributed by atoms with Gasteiger partial charge in [-0.05, 0) is 20.3 Å². The van der Waals surface area contributed by atoms with E-state index in [0.717, 1.165) is 24.6 Å². The summed E-state index contributed by atoms with van der Waals surface area (Å²) in [5, 5.41) is 6.64. The van der Waals surface area contributed by atoms with Gasteiger partial charge >= 0.3 is 0 Å². The molecule has 20 heavy (non-hydrogen) atoms. The number of rotatable bonds is 9. The molecule has 1 heterocycles. The zero-order valence-electron chi connectivity index (χ0n) is 13.1. The Balaban J connectivity index is 2.89. The number of hydrogen-bond donors (Lipinski definition) is 2. The molecular formula is C14H26N4O2. The van der Waals surface area contributed by atoms with E-state index in [4.69, 9.17) is 9.47 Å². The van der Waals surface area contributed by atoms with Gasteiger partial charge in [0.2, 0.25) is 0 Å². The molecular weight excluding hydrogens is 256 g/mol. The normalized spacial score (nSPS) is 11.4. The van der Waals surface area contributed by atoms with Gasteiger partial charge < -0.3 is 20.1 Å². The molecule has 0 saturated heterocycles. The first-order valence-electron chi connectivity index (χ1n) is 6.88. The van der Waals surface area contributed by atoms with Crippen LogP contribution in [0.3, 0.4) is 0 Å². The van der Waals surface area contributed by atoms with Crippen molar-refractivity contribution in [1.29, 1.82) is 0 Å². The SMILES string of the molecule is CCCNc1cc(NC(C)(C)COC)nc(COC)n1. The summed E-state index contributed by atoms with van der Waals surface area (Å²) in [6, 6.07) is 1.91. The first kappa shape index (κ1) is 16.7. The van der Waals surface area contributed by atoms with E-state index in [-0.39, 0.29) is 5.54 Å². The molecule has 0 aliphatic heterocycles. The van der Waals surface area contributed by atoms with Gasteiger partial charge in [0.15, 0.2) is 5.82 Å². The van der Waals surface area contributed by atoms with Crippen molar-refractivity contribution in [2.45, 2.75) is 39.3 Å². The van der Waals surface area contributed by atoms with Crippen LogP contribution in [0.4, 0.5) is 11.6 Å². The minimum atomic E-state index is -0.199. The van der Waals surface area contributed by atoms with E-state index >= 15 is 0 Å². The Hall–Kier alpha value is -1.40. The van der Waals surface area contributed by atoms with E-state index in [1.54, 1.807) is 14.2 Å². The van der Waals surface area contributed by atoms with Crippen LogP contribution in [-0.4, -0.2) is 42.9 Å². The Morgan fingerprint density at radius 3 is 2.45 bits per heavy atom. The third-order valence-electron chi connectivity index (χ3n) is 2.57. The Labute approximate surface area is 121 Å². The maximum absolute atomic E-state index is 5.21. The number of nitrogens with zero attached hydrogens (tertiary/aromatic N) is 2. The van der Waals surface area contributed by atoms with Gasteiger partial charge in [-0.1, -0.05) is 6.92 Å². The predicted molar refractivity (Wildman–Crippen MR) is 81.1 cm³/mol. The molecule has 0 amide bonds. The van der Waals surface area contributed by atoms with Crippen LogP contribution < -0.4 is 10.6 Å². The lowest BCUT2D eigenvalue weighted by molar-refractivity contribution is 0.158. The minimum absolute atomic E-state index is 0.199. The average molecular weight is 282 g/mol. The lowest BCUT2D eigenvalue weighted by atomic mass is 10.1. The largest absolute Gasteiger partial charge is 0.382 e.